The normalized spacial score (nSPS) is 14.4. The van der Waals surface area contributed by atoms with E-state index in [-0.39, 0.29) is 25.5 Å². The number of aromatic nitrogens is 3. The molecule has 3 heterocycles. The van der Waals surface area contributed by atoms with Crippen LogP contribution in [0.15, 0.2) is 58.3 Å². The summed E-state index contributed by atoms with van der Waals surface area (Å²) in [5, 5.41) is 0. The highest BCUT2D eigenvalue weighted by Gasteiger charge is 2.27. The Balaban J connectivity index is 1.54. The molecule has 0 bridgehead atoms. The maximum atomic E-state index is 12.0. The number of pyridine rings is 1. The van der Waals surface area contributed by atoms with Gasteiger partial charge in [0.2, 0.25) is 0 Å². The van der Waals surface area contributed by atoms with E-state index in [2.05, 4.69) is 37.6 Å². The summed E-state index contributed by atoms with van der Waals surface area (Å²) in [6.07, 6.45) is 4.88. The Morgan fingerprint density at radius 3 is 2.63 bits per heavy atom. The average Bonchev–Trinajstić information content (AvgIpc) is 3.17. The molecular formula is C26H27BrN4O4. The van der Waals surface area contributed by atoms with Crippen LogP contribution < -0.4 is 0 Å². The molecule has 0 spiro atoms. The Kier molecular flexibility index (Phi) is 8.07. The SMILES string of the molecule is CCOC(=O)CCC(=O)OCCC[C@@H]1N=C(c2ccccn2)c2cc(Br)ccc2-n2c(C)cnc21. The first-order valence-electron chi connectivity index (χ1n) is 11.6. The van der Waals surface area contributed by atoms with Crippen molar-refractivity contribution in [2.24, 2.45) is 4.99 Å². The number of imidazole rings is 1. The Morgan fingerprint density at radius 1 is 1.09 bits per heavy atom. The number of ether oxygens (including phenoxy) is 2. The van der Waals surface area contributed by atoms with Gasteiger partial charge in [-0.15, -0.1) is 0 Å². The number of nitrogens with zero attached hydrogens (tertiary/aromatic N) is 4. The summed E-state index contributed by atoms with van der Waals surface area (Å²) in [6, 6.07) is 11.7. The topological polar surface area (TPSA) is 95.7 Å². The Morgan fingerprint density at radius 2 is 1.89 bits per heavy atom. The minimum Gasteiger partial charge on any atom is -0.466 e. The third-order valence-corrected chi connectivity index (χ3v) is 6.13. The number of esters is 2. The number of rotatable bonds is 9. The molecule has 8 nitrogen and oxygen atoms in total. The predicted octanol–water partition coefficient (Wildman–Crippen LogP) is 4.90. The second-order valence-corrected chi connectivity index (χ2v) is 9.05. The van der Waals surface area contributed by atoms with E-state index < -0.39 is 11.9 Å². The molecule has 1 aromatic carbocycles. The summed E-state index contributed by atoms with van der Waals surface area (Å²) in [5.41, 5.74) is 4.55. The molecule has 1 aliphatic heterocycles. The molecule has 0 unspecified atom stereocenters. The first-order chi connectivity index (χ1) is 17.0. The van der Waals surface area contributed by atoms with E-state index in [1.54, 1.807) is 13.1 Å². The molecule has 0 N–H and O–H groups in total. The molecule has 0 amide bonds. The van der Waals surface area contributed by atoms with Gasteiger partial charge in [-0.2, -0.15) is 0 Å². The van der Waals surface area contributed by atoms with Crippen molar-refractivity contribution in [3.8, 4) is 5.69 Å². The monoisotopic (exact) mass is 538 g/mol. The van der Waals surface area contributed by atoms with E-state index in [9.17, 15) is 9.59 Å². The minimum absolute atomic E-state index is 0.0119. The highest BCUT2D eigenvalue weighted by Crippen LogP contribution is 2.34. The zero-order valence-electron chi connectivity index (χ0n) is 19.7. The number of fused-ring (bicyclic) bond motifs is 3. The van der Waals surface area contributed by atoms with Gasteiger partial charge in [-0.1, -0.05) is 22.0 Å². The van der Waals surface area contributed by atoms with Crippen molar-refractivity contribution in [2.45, 2.75) is 45.6 Å². The third kappa shape index (κ3) is 5.85. The lowest BCUT2D eigenvalue weighted by Gasteiger charge is -2.14. The van der Waals surface area contributed by atoms with Gasteiger partial charge >= 0.3 is 11.9 Å². The van der Waals surface area contributed by atoms with Gasteiger partial charge < -0.3 is 9.47 Å². The number of carbonyl (C=O) groups is 2. The van der Waals surface area contributed by atoms with Crippen molar-refractivity contribution in [2.75, 3.05) is 13.2 Å². The van der Waals surface area contributed by atoms with Gasteiger partial charge in [-0.05, 0) is 57.0 Å². The van der Waals surface area contributed by atoms with Gasteiger partial charge in [0.1, 0.15) is 11.9 Å². The summed E-state index contributed by atoms with van der Waals surface area (Å²) < 4.78 is 13.3. The number of aryl methyl sites for hydroxylation is 1. The molecule has 9 heteroatoms. The number of carbonyl (C=O) groups excluding carboxylic acids is 2. The molecule has 2 aromatic heterocycles. The Labute approximate surface area is 212 Å². The number of aliphatic imine (C=N–C) groups is 1. The van der Waals surface area contributed by atoms with E-state index in [0.29, 0.717) is 19.4 Å². The standard InChI is InChI=1S/C26H27BrN4O4/c1-3-34-23(32)11-12-24(33)35-14-6-8-21-26-29-16-17(2)31(26)22-10-9-18(27)15-19(22)25(30-21)20-7-4-5-13-28-20/h4-5,7,9-10,13,15-16,21H,3,6,8,11-12,14H2,1-2H3/t21-/m0/s1. The van der Waals surface area contributed by atoms with E-state index in [0.717, 1.165) is 38.6 Å². The summed E-state index contributed by atoms with van der Waals surface area (Å²) in [5.74, 6) is 0.0320. The van der Waals surface area contributed by atoms with Crippen LogP contribution >= 0.6 is 15.9 Å². The van der Waals surface area contributed by atoms with Gasteiger partial charge in [0.05, 0.1) is 43.1 Å². The van der Waals surface area contributed by atoms with Crippen LogP contribution in [-0.2, 0) is 19.1 Å². The van der Waals surface area contributed by atoms with Crippen LogP contribution in [0.3, 0.4) is 0 Å². The summed E-state index contributed by atoms with van der Waals surface area (Å²) >= 11 is 3.60. The van der Waals surface area contributed by atoms with Crippen LogP contribution in [0.2, 0.25) is 0 Å². The van der Waals surface area contributed by atoms with Crippen molar-refractivity contribution in [3.05, 3.63) is 76.0 Å². The van der Waals surface area contributed by atoms with Crippen LogP contribution in [0.1, 0.15) is 61.4 Å². The quantitative estimate of drug-likeness (QED) is 0.284. The summed E-state index contributed by atoms with van der Waals surface area (Å²) in [6.45, 7) is 4.29. The third-order valence-electron chi connectivity index (χ3n) is 5.63. The number of hydrogen-bond acceptors (Lipinski definition) is 7. The summed E-state index contributed by atoms with van der Waals surface area (Å²) in [4.78, 5) is 37.8. The molecule has 0 saturated carbocycles. The van der Waals surface area contributed by atoms with E-state index >= 15 is 0 Å². The molecule has 0 radical (unpaired) electrons. The lowest BCUT2D eigenvalue weighted by atomic mass is 10.0. The van der Waals surface area contributed by atoms with E-state index in [4.69, 9.17) is 19.5 Å². The maximum absolute atomic E-state index is 12.0. The van der Waals surface area contributed by atoms with Crippen LogP contribution in [0.5, 0.6) is 0 Å². The molecule has 1 aliphatic rings. The average molecular weight is 539 g/mol. The van der Waals surface area contributed by atoms with Crippen LogP contribution in [-0.4, -0.2) is 45.4 Å². The molecule has 0 fully saturated rings. The fourth-order valence-corrected chi connectivity index (χ4v) is 4.41. The molecule has 3 aromatic rings. The Bertz CT molecular complexity index is 1240. The zero-order valence-corrected chi connectivity index (χ0v) is 21.3. The Hall–Kier alpha value is -3.33. The van der Waals surface area contributed by atoms with Crippen LogP contribution in [0, 0.1) is 6.92 Å². The van der Waals surface area contributed by atoms with E-state index in [1.165, 1.54) is 0 Å². The van der Waals surface area contributed by atoms with Crippen molar-refractivity contribution >= 4 is 33.6 Å². The smallest absolute Gasteiger partial charge is 0.306 e. The van der Waals surface area contributed by atoms with Crippen LogP contribution in [0.4, 0.5) is 0 Å². The van der Waals surface area contributed by atoms with Crippen molar-refractivity contribution in [1.82, 2.24) is 14.5 Å². The van der Waals surface area contributed by atoms with Crippen LogP contribution in [0.25, 0.3) is 5.69 Å². The van der Waals surface area contributed by atoms with Crippen molar-refractivity contribution < 1.29 is 19.1 Å². The van der Waals surface area contributed by atoms with Gasteiger partial charge in [0.15, 0.2) is 0 Å². The first-order valence-corrected chi connectivity index (χ1v) is 12.4. The summed E-state index contributed by atoms with van der Waals surface area (Å²) in [7, 11) is 0. The fourth-order valence-electron chi connectivity index (χ4n) is 4.05. The zero-order chi connectivity index (χ0) is 24.8. The molecule has 35 heavy (non-hydrogen) atoms. The largest absolute Gasteiger partial charge is 0.466 e. The maximum Gasteiger partial charge on any atom is 0.306 e. The van der Waals surface area contributed by atoms with Gasteiger partial charge in [-0.25, -0.2) is 4.98 Å². The van der Waals surface area contributed by atoms with Gasteiger partial charge in [0.25, 0.3) is 0 Å². The first kappa shape index (κ1) is 24.8. The molecule has 182 valence electrons. The highest BCUT2D eigenvalue weighted by molar-refractivity contribution is 9.10. The minimum atomic E-state index is -0.411. The molecule has 1 atom stereocenters. The number of halogens is 1. The molecule has 0 saturated heterocycles. The molecule has 4 rings (SSSR count). The second kappa shape index (κ2) is 11.4. The van der Waals surface area contributed by atoms with Crippen molar-refractivity contribution in [1.29, 1.82) is 0 Å². The number of hydrogen-bond donors (Lipinski definition) is 0. The van der Waals surface area contributed by atoms with Gasteiger partial charge in [0, 0.05) is 28.1 Å². The van der Waals surface area contributed by atoms with Gasteiger partial charge in [-0.3, -0.25) is 24.1 Å². The fraction of sp³-hybridized carbons (Fsp3) is 0.346. The molecule has 0 aliphatic carbocycles. The highest BCUT2D eigenvalue weighted by atomic mass is 79.9. The second-order valence-electron chi connectivity index (χ2n) is 8.13. The van der Waals surface area contributed by atoms with E-state index in [1.807, 2.05) is 37.4 Å². The van der Waals surface area contributed by atoms with Crippen molar-refractivity contribution in [3.63, 3.8) is 0 Å². The lowest BCUT2D eigenvalue weighted by molar-refractivity contribution is -0.150. The lowest BCUT2D eigenvalue weighted by Crippen LogP contribution is -2.12. The number of benzene rings is 1. The molecular weight excluding hydrogens is 512 g/mol. The predicted molar refractivity (Wildman–Crippen MR) is 135 cm³/mol.